The van der Waals surface area contributed by atoms with E-state index in [-0.39, 0.29) is 22.5 Å². The van der Waals surface area contributed by atoms with E-state index in [0.717, 1.165) is 22.4 Å². The monoisotopic (exact) mass is 588 g/mol. The van der Waals surface area contributed by atoms with Crippen LogP contribution in [0.3, 0.4) is 0 Å². The predicted molar refractivity (Wildman–Crippen MR) is 177 cm³/mol. The van der Waals surface area contributed by atoms with E-state index < -0.39 is 0 Å². The largest absolute Gasteiger partial charge is 0.397 e. The first-order valence-electron chi connectivity index (χ1n) is 15.5. The van der Waals surface area contributed by atoms with Crippen molar-refractivity contribution in [1.29, 1.82) is 0 Å². The van der Waals surface area contributed by atoms with Crippen molar-refractivity contribution in [2.24, 2.45) is 11.8 Å². The first-order chi connectivity index (χ1) is 21.2. The van der Waals surface area contributed by atoms with Crippen LogP contribution in [0.4, 0.5) is 20.2 Å². The highest BCUT2D eigenvalue weighted by Gasteiger charge is 2.46. The number of rotatable bonds is 6. The Kier molecular flexibility index (Phi) is 6.76. The summed E-state index contributed by atoms with van der Waals surface area (Å²) in [5.41, 5.74) is 20.3. The molecule has 8 rings (SSSR count). The Morgan fingerprint density at radius 3 is 1.27 bits per heavy atom. The van der Waals surface area contributed by atoms with Crippen LogP contribution in [0.5, 0.6) is 0 Å². The molecule has 6 N–H and O–H groups in total. The average Bonchev–Trinajstić information content (AvgIpc) is 3.96. The molecule has 0 radical (unpaired) electrons. The fourth-order valence-corrected chi connectivity index (χ4v) is 7.35. The zero-order chi connectivity index (χ0) is 30.6. The Morgan fingerprint density at radius 1 is 0.568 bits per heavy atom. The van der Waals surface area contributed by atoms with E-state index in [1.54, 1.807) is 24.3 Å². The first-order valence-corrected chi connectivity index (χ1v) is 15.5. The molecule has 2 aromatic heterocycles. The number of nitrogens with one attached hydrogen (secondary N) is 2. The van der Waals surface area contributed by atoms with E-state index in [1.165, 1.54) is 58.7 Å². The van der Waals surface area contributed by atoms with Gasteiger partial charge in [-0.25, -0.2) is 8.78 Å². The molecule has 0 spiro atoms. The SMILES string of the molecule is C[C@@](c1ccc(F)cc1)(c1c[nH]c2c(N)cccc12)C1CC1.C[C@](c1ccc(F)cc1)(c1c[nH]c2c(N)cccc12)C1CC1. The molecule has 2 aliphatic carbocycles. The van der Waals surface area contributed by atoms with Crippen LogP contribution in [0, 0.1) is 23.5 Å². The van der Waals surface area contributed by atoms with Crippen LogP contribution >= 0.6 is 0 Å². The molecule has 6 heteroatoms. The number of aromatic amines is 2. The fourth-order valence-electron chi connectivity index (χ4n) is 7.35. The van der Waals surface area contributed by atoms with Gasteiger partial charge in [0.2, 0.25) is 0 Å². The molecule has 0 saturated heterocycles. The van der Waals surface area contributed by atoms with Gasteiger partial charge in [-0.05, 0) is 96.2 Å². The van der Waals surface area contributed by atoms with E-state index >= 15 is 0 Å². The summed E-state index contributed by atoms with van der Waals surface area (Å²) in [6.07, 6.45) is 8.99. The van der Waals surface area contributed by atoms with E-state index in [4.69, 9.17) is 11.5 Å². The molecule has 4 aromatic carbocycles. The summed E-state index contributed by atoms with van der Waals surface area (Å²) >= 11 is 0. The van der Waals surface area contributed by atoms with Gasteiger partial charge in [-0.1, -0.05) is 62.4 Å². The zero-order valence-corrected chi connectivity index (χ0v) is 25.1. The highest BCUT2D eigenvalue weighted by atomic mass is 19.1. The third-order valence-corrected chi connectivity index (χ3v) is 10.3. The summed E-state index contributed by atoms with van der Waals surface area (Å²) in [6, 6.07) is 25.9. The maximum Gasteiger partial charge on any atom is 0.123 e. The highest BCUT2D eigenvalue weighted by molar-refractivity contribution is 5.94. The summed E-state index contributed by atoms with van der Waals surface area (Å²) in [5, 5.41) is 2.33. The van der Waals surface area contributed by atoms with Crippen molar-refractivity contribution in [2.45, 2.75) is 50.4 Å². The van der Waals surface area contributed by atoms with Gasteiger partial charge >= 0.3 is 0 Å². The standard InChI is InChI=1S/2C19H19FN2/c2*1-19(12-5-6-12,13-7-9-14(20)10-8-13)16-11-22-18-15(16)3-2-4-17(18)21/h2*2-4,7-12,22H,5-6,21H2,1H3/t2*19-/m10/s1. The summed E-state index contributed by atoms with van der Waals surface area (Å²) in [5.74, 6) is 0.812. The average molecular weight is 589 g/mol. The van der Waals surface area contributed by atoms with E-state index in [2.05, 4.69) is 48.3 Å². The van der Waals surface area contributed by atoms with Crippen LogP contribution in [0.1, 0.15) is 61.8 Å². The van der Waals surface area contributed by atoms with Gasteiger partial charge in [0.15, 0.2) is 0 Å². The number of benzene rings is 4. The number of halogens is 2. The lowest BCUT2D eigenvalue weighted by molar-refractivity contribution is 0.497. The van der Waals surface area contributed by atoms with Crippen LogP contribution < -0.4 is 11.5 Å². The number of H-pyrrole nitrogens is 2. The van der Waals surface area contributed by atoms with Crippen LogP contribution in [0.2, 0.25) is 0 Å². The molecule has 2 aliphatic rings. The first kappa shape index (κ1) is 28.2. The Labute approximate surface area is 256 Å². The third-order valence-electron chi connectivity index (χ3n) is 10.3. The Bertz CT molecular complexity index is 1800. The summed E-state index contributed by atoms with van der Waals surface area (Å²) < 4.78 is 26.6. The molecule has 0 unspecified atom stereocenters. The maximum atomic E-state index is 13.3. The van der Waals surface area contributed by atoms with E-state index in [0.29, 0.717) is 11.8 Å². The van der Waals surface area contributed by atoms with Crippen LogP contribution in [0.25, 0.3) is 21.8 Å². The second kappa shape index (κ2) is 10.5. The van der Waals surface area contributed by atoms with Crippen LogP contribution in [-0.2, 0) is 10.8 Å². The summed E-state index contributed by atoms with van der Waals surface area (Å²) in [7, 11) is 0. The Balaban J connectivity index is 0.000000142. The van der Waals surface area contributed by atoms with Gasteiger partial charge in [-0.2, -0.15) is 0 Å². The van der Waals surface area contributed by atoms with Gasteiger partial charge in [-0.15, -0.1) is 0 Å². The maximum absolute atomic E-state index is 13.3. The van der Waals surface area contributed by atoms with Gasteiger partial charge in [-0.3, -0.25) is 0 Å². The molecule has 2 fully saturated rings. The second-order valence-electron chi connectivity index (χ2n) is 12.9. The molecule has 224 valence electrons. The number of aromatic nitrogens is 2. The molecule has 0 bridgehead atoms. The molecule has 2 saturated carbocycles. The van der Waals surface area contributed by atoms with Crippen molar-refractivity contribution in [3.63, 3.8) is 0 Å². The van der Waals surface area contributed by atoms with Gasteiger partial charge in [0.1, 0.15) is 11.6 Å². The van der Waals surface area contributed by atoms with Crippen molar-refractivity contribution >= 4 is 33.2 Å². The topological polar surface area (TPSA) is 83.6 Å². The van der Waals surface area contributed by atoms with Gasteiger partial charge in [0.25, 0.3) is 0 Å². The number of nitrogens with two attached hydrogens (primary N) is 2. The number of fused-ring (bicyclic) bond motifs is 2. The quantitative estimate of drug-likeness (QED) is 0.146. The molecule has 2 heterocycles. The van der Waals surface area contributed by atoms with Gasteiger partial charge < -0.3 is 21.4 Å². The molecule has 2 atom stereocenters. The van der Waals surface area contributed by atoms with Crippen molar-refractivity contribution in [2.75, 3.05) is 11.5 Å². The smallest absolute Gasteiger partial charge is 0.123 e. The van der Waals surface area contributed by atoms with Crippen LogP contribution in [-0.4, -0.2) is 9.97 Å². The number of anilines is 2. The Hall–Kier alpha value is -4.58. The molecular weight excluding hydrogens is 550 g/mol. The zero-order valence-electron chi connectivity index (χ0n) is 25.1. The minimum atomic E-state index is -0.190. The predicted octanol–water partition coefficient (Wildman–Crippen LogP) is 9.21. The van der Waals surface area contributed by atoms with Crippen molar-refractivity contribution < 1.29 is 8.78 Å². The van der Waals surface area contributed by atoms with Gasteiger partial charge in [0, 0.05) is 34.0 Å². The van der Waals surface area contributed by atoms with E-state index in [9.17, 15) is 8.78 Å². The molecule has 4 nitrogen and oxygen atoms in total. The second-order valence-corrected chi connectivity index (χ2v) is 12.9. The number of para-hydroxylation sites is 2. The molecule has 0 amide bonds. The lowest BCUT2D eigenvalue weighted by Gasteiger charge is -2.30. The minimum absolute atomic E-state index is 0.111. The van der Waals surface area contributed by atoms with Crippen LogP contribution in [0.15, 0.2) is 97.3 Å². The fraction of sp³-hybridized carbons (Fsp3) is 0.263. The Morgan fingerprint density at radius 2 is 0.932 bits per heavy atom. The van der Waals surface area contributed by atoms with Crippen molar-refractivity contribution in [1.82, 2.24) is 9.97 Å². The van der Waals surface area contributed by atoms with E-state index in [1.807, 2.05) is 48.5 Å². The summed E-state index contributed by atoms with van der Waals surface area (Å²) in [4.78, 5) is 6.65. The lowest BCUT2D eigenvalue weighted by atomic mass is 9.72. The third kappa shape index (κ3) is 4.64. The number of nitrogen functional groups attached to an aromatic ring is 2. The lowest BCUT2D eigenvalue weighted by Crippen LogP contribution is -2.26. The summed E-state index contributed by atoms with van der Waals surface area (Å²) in [6.45, 7) is 4.54. The van der Waals surface area contributed by atoms with Crippen molar-refractivity contribution in [3.05, 3.63) is 131 Å². The van der Waals surface area contributed by atoms with Crippen molar-refractivity contribution in [3.8, 4) is 0 Å². The normalized spacial score (nSPS) is 17.5. The number of hydrogen-bond acceptors (Lipinski definition) is 2. The molecule has 6 aromatic rings. The minimum Gasteiger partial charge on any atom is -0.397 e. The highest BCUT2D eigenvalue weighted by Crippen LogP contribution is 2.54. The molecule has 44 heavy (non-hydrogen) atoms. The van der Waals surface area contributed by atoms with Gasteiger partial charge in [0.05, 0.1) is 22.4 Å². The molecule has 0 aliphatic heterocycles. The molecular formula is C38H38F2N4. The number of hydrogen-bond donors (Lipinski definition) is 4.